The van der Waals surface area contributed by atoms with Crippen molar-refractivity contribution < 1.29 is 19.4 Å². The number of aliphatic hydroxyl groups excluding tert-OH is 1. The van der Waals surface area contributed by atoms with Gasteiger partial charge in [0.05, 0.1) is 0 Å². The number of rotatable bonds is 6. The smallest absolute Gasteiger partial charge is 0.408 e. The minimum atomic E-state index is -0.619. The zero-order valence-corrected chi connectivity index (χ0v) is 17.5. The number of alkyl carbamates (subject to hydrolysis) is 1. The summed E-state index contributed by atoms with van der Waals surface area (Å²) in [6.07, 6.45) is 4.46. The van der Waals surface area contributed by atoms with Crippen LogP contribution in [0.25, 0.3) is 21.9 Å². The lowest BCUT2D eigenvalue weighted by Gasteiger charge is -2.14. The third-order valence-electron chi connectivity index (χ3n) is 4.46. The SMILES string of the molecule is CCNC(=O)Nc1cc2c(-c3ccncc3)ccc(CNC(=O)OCC#CCO)c2cn1. The molecule has 3 aromatic rings. The molecule has 3 amide bonds. The van der Waals surface area contributed by atoms with E-state index in [9.17, 15) is 9.59 Å². The maximum atomic E-state index is 11.9. The number of hydrogen-bond acceptors (Lipinski definition) is 6. The van der Waals surface area contributed by atoms with Crippen molar-refractivity contribution >= 4 is 28.7 Å². The maximum Gasteiger partial charge on any atom is 0.408 e. The minimum Gasteiger partial charge on any atom is -0.436 e. The van der Waals surface area contributed by atoms with Crippen molar-refractivity contribution in [1.29, 1.82) is 0 Å². The zero-order chi connectivity index (χ0) is 22.8. The molecule has 164 valence electrons. The van der Waals surface area contributed by atoms with E-state index in [0.717, 1.165) is 27.5 Å². The zero-order valence-electron chi connectivity index (χ0n) is 17.5. The summed E-state index contributed by atoms with van der Waals surface area (Å²) < 4.78 is 4.94. The molecule has 32 heavy (non-hydrogen) atoms. The van der Waals surface area contributed by atoms with Gasteiger partial charge < -0.3 is 20.5 Å². The summed E-state index contributed by atoms with van der Waals surface area (Å²) in [5.74, 6) is 5.32. The first-order chi connectivity index (χ1) is 15.6. The standard InChI is InChI=1S/C23H23N5O4/c1-2-25-22(30)28-21-13-19-18(16-7-9-24-10-8-16)6-5-17(20(19)15-26-21)14-27-23(31)32-12-4-3-11-29/h5-10,13,15,29H,2,11-12,14H2,1H3,(H,27,31)(H2,25,26,28,30). The van der Waals surface area contributed by atoms with Gasteiger partial charge in [-0.05, 0) is 47.2 Å². The molecule has 0 unspecified atom stereocenters. The molecule has 3 rings (SSSR count). The highest BCUT2D eigenvalue weighted by Gasteiger charge is 2.12. The predicted octanol–water partition coefficient (Wildman–Crippen LogP) is 2.66. The third-order valence-corrected chi connectivity index (χ3v) is 4.46. The van der Waals surface area contributed by atoms with Crippen LogP contribution in [0.1, 0.15) is 12.5 Å². The van der Waals surface area contributed by atoms with Crippen molar-refractivity contribution in [2.24, 2.45) is 0 Å². The van der Waals surface area contributed by atoms with Crippen LogP contribution in [0.5, 0.6) is 0 Å². The van der Waals surface area contributed by atoms with Crippen LogP contribution in [0, 0.1) is 11.8 Å². The first-order valence-corrected chi connectivity index (χ1v) is 9.96. The second-order valence-electron chi connectivity index (χ2n) is 6.55. The molecule has 0 bridgehead atoms. The molecule has 0 aliphatic heterocycles. The van der Waals surface area contributed by atoms with Crippen LogP contribution >= 0.6 is 0 Å². The van der Waals surface area contributed by atoms with Crippen LogP contribution < -0.4 is 16.0 Å². The number of amides is 3. The van der Waals surface area contributed by atoms with Crippen molar-refractivity contribution in [3.63, 3.8) is 0 Å². The number of fused-ring (bicyclic) bond motifs is 1. The van der Waals surface area contributed by atoms with E-state index >= 15 is 0 Å². The Labute approximate surface area is 185 Å². The molecule has 9 heteroatoms. The Morgan fingerprint density at radius 1 is 1.09 bits per heavy atom. The lowest BCUT2D eigenvalue weighted by molar-refractivity contribution is 0.159. The lowest BCUT2D eigenvalue weighted by Crippen LogP contribution is -2.28. The van der Waals surface area contributed by atoms with Crippen LogP contribution in [0.3, 0.4) is 0 Å². The van der Waals surface area contributed by atoms with Crippen LogP contribution in [0.15, 0.2) is 48.9 Å². The summed E-state index contributed by atoms with van der Waals surface area (Å²) in [7, 11) is 0. The molecular weight excluding hydrogens is 410 g/mol. The number of ether oxygens (including phenoxy) is 1. The molecule has 0 aliphatic carbocycles. The average molecular weight is 433 g/mol. The molecule has 4 N–H and O–H groups in total. The van der Waals surface area contributed by atoms with Crippen molar-refractivity contribution in [1.82, 2.24) is 20.6 Å². The Balaban J connectivity index is 1.89. The molecule has 0 saturated carbocycles. The Kier molecular flexibility index (Phi) is 7.95. The first-order valence-electron chi connectivity index (χ1n) is 9.96. The van der Waals surface area contributed by atoms with Gasteiger partial charge in [-0.3, -0.25) is 10.3 Å². The molecule has 0 atom stereocenters. The van der Waals surface area contributed by atoms with E-state index < -0.39 is 6.09 Å². The van der Waals surface area contributed by atoms with E-state index in [4.69, 9.17) is 9.84 Å². The molecule has 0 saturated heterocycles. The summed E-state index contributed by atoms with van der Waals surface area (Å²) in [4.78, 5) is 32.2. The van der Waals surface area contributed by atoms with Gasteiger partial charge in [0.2, 0.25) is 0 Å². The molecule has 0 aliphatic rings. The fourth-order valence-electron chi connectivity index (χ4n) is 3.05. The summed E-state index contributed by atoms with van der Waals surface area (Å²) in [5.41, 5.74) is 2.73. The number of aliphatic hydroxyl groups is 1. The Morgan fingerprint density at radius 2 is 1.91 bits per heavy atom. The largest absolute Gasteiger partial charge is 0.436 e. The number of nitrogens with zero attached hydrogens (tertiary/aromatic N) is 2. The predicted molar refractivity (Wildman–Crippen MR) is 121 cm³/mol. The lowest BCUT2D eigenvalue weighted by atomic mass is 9.96. The summed E-state index contributed by atoms with van der Waals surface area (Å²) in [6.45, 7) is 2.15. The van der Waals surface area contributed by atoms with Crippen LogP contribution in [-0.2, 0) is 11.3 Å². The Bertz CT molecular complexity index is 1160. The van der Waals surface area contributed by atoms with Gasteiger partial charge in [-0.2, -0.15) is 0 Å². The topological polar surface area (TPSA) is 125 Å². The first kappa shape index (κ1) is 22.5. The molecule has 0 spiro atoms. The van der Waals surface area contributed by atoms with Crippen molar-refractivity contribution in [2.75, 3.05) is 25.1 Å². The highest BCUT2D eigenvalue weighted by Crippen LogP contribution is 2.31. The number of aromatic nitrogens is 2. The fraction of sp³-hybridized carbons (Fsp3) is 0.217. The normalized spacial score (nSPS) is 10.1. The molecule has 0 radical (unpaired) electrons. The quantitative estimate of drug-likeness (QED) is 0.443. The Morgan fingerprint density at radius 3 is 2.66 bits per heavy atom. The van der Waals surface area contributed by atoms with Crippen molar-refractivity contribution in [3.05, 3.63) is 54.5 Å². The monoisotopic (exact) mass is 433 g/mol. The molecule has 0 fully saturated rings. The van der Waals surface area contributed by atoms with Crippen molar-refractivity contribution in [2.45, 2.75) is 13.5 Å². The second-order valence-corrected chi connectivity index (χ2v) is 6.55. The van der Waals surface area contributed by atoms with Gasteiger partial charge in [0, 0.05) is 37.1 Å². The highest BCUT2D eigenvalue weighted by molar-refractivity contribution is 6.00. The number of hydrogen-bond donors (Lipinski definition) is 4. The molecule has 9 nitrogen and oxygen atoms in total. The van der Waals surface area contributed by atoms with E-state index in [0.29, 0.717) is 12.4 Å². The van der Waals surface area contributed by atoms with E-state index in [2.05, 4.69) is 37.8 Å². The van der Waals surface area contributed by atoms with Crippen LogP contribution in [-0.4, -0.2) is 47.0 Å². The number of carbonyl (C=O) groups excluding carboxylic acids is 2. The van der Waals surface area contributed by atoms with Gasteiger partial charge in [0.25, 0.3) is 0 Å². The molecule has 2 aromatic heterocycles. The summed E-state index contributed by atoms with van der Waals surface area (Å²) in [6, 6.07) is 9.11. The maximum absolute atomic E-state index is 11.9. The van der Waals surface area contributed by atoms with E-state index in [-0.39, 0.29) is 25.8 Å². The van der Waals surface area contributed by atoms with Crippen LogP contribution in [0.2, 0.25) is 0 Å². The van der Waals surface area contributed by atoms with Gasteiger partial charge in [-0.1, -0.05) is 24.0 Å². The summed E-state index contributed by atoms with van der Waals surface area (Å²) >= 11 is 0. The van der Waals surface area contributed by atoms with Gasteiger partial charge in [0.15, 0.2) is 6.61 Å². The number of carbonyl (C=O) groups is 2. The van der Waals surface area contributed by atoms with Gasteiger partial charge >= 0.3 is 12.1 Å². The minimum absolute atomic E-state index is 0.107. The molecule has 2 heterocycles. The van der Waals surface area contributed by atoms with E-state index in [1.165, 1.54) is 0 Å². The number of benzene rings is 1. The number of urea groups is 1. The van der Waals surface area contributed by atoms with Gasteiger partial charge in [-0.25, -0.2) is 14.6 Å². The molecule has 1 aromatic carbocycles. The number of anilines is 1. The number of pyridine rings is 2. The fourth-order valence-corrected chi connectivity index (χ4v) is 3.05. The van der Waals surface area contributed by atoms with E-state index in [1.807, 2.05) is 31.2 Å². The van der Waals surface area contributed by atoms with E-state index in [1.54, 1.807) is 24.7 Å². The van der Waals surface area contributed by atoms with Crippen LogP contribution in [0.4, 0.5) is 15.4 Å². The summed E-state index contributed by atoms with van der Waals surface area (Å²) in [5, 5.41) is 18.4. The number of nitrogens with one attached hydrogen (secondary N) is 3. The van der Waals surface area contributed by atoms with Gasteiger partial charge in [0.1, 0.15) is 12.4 Å². The third kappa shape index (κ3) is 5.93. The van der Waals surface area contributed by atoms with Crippen molar-refractivity contribution in [3.8, 4) is 23.0 Å². The second kappa shape index (κ2) is 11.3. The van der Waals surface area contributed by atoms with Gasteiger partial charge in [-0.15, -0.1) is 0 Å². The highest BCUT2D eigenvalue weighted by atomic mass is 16.5. The Hall–Kier alpha value is -4.16. The average Bonchev–Trinajstić information content (AvgIpc) is 2.81. The molecular formula is C23H23N5O4.